The maximum absolute atomic E-state index is 12.0. The first-order valence-electron chi connectivity index (χ1n) is 6.76. The van der Waals surface area contributed by atoms with E-state index in [1.807, 2.05) is 24.3 Å². The summed E-state index contributed by atoms with van der Waals surface area (Å²) >= 11 is 3.42. The molecule has 0 spiro atoms. The Balaban J connectivity index is 1.56. The topological polar surface area (TPSA) is 29.1 Å². The fourth-order valence-corrected chi connectivity index (χ4v) is 4.04. The second-order valence-electron chi connectivity index (χ2n) is 5.70. The van der Waals surface area contributed by atoms with Gasteiger partial charge in [0, 0.05) is 16.6 Å². The van der Waals surface area contributed by atoms with Crippen LogP contribution < -0.4 is 5.32 Å². The largest absolute Gasteiger partial charge is 0.326 e. The number of rotatable bonds is 3. The lowest BCUT2D eigenvalue weighted by Crippen LogP contribution is -2.20. The van der Waals surface area contributed by atoms with Crippen molar-refractivity contribution in [3.05, 3.63) is 28.7 Å². The lowest BCUT2D eigenvalue weighted by atomic mass is 9.86. The minimum absolute atomic E-state index is 0.172. The molecule has 2 fully saturated rings. The van der Waals surface area contributed by atoms with Gasteiger partial charge < -0.3 is 5.32 Å². The van der Waals surface area contributed by atoms with Crippen molar-refractivity contribution in [2.45, 2.75) is 32.1 Å². The van der Waals surface area contributed by atoms with Crippen LogP contribution >= 0.6 is 15.9 Å². The number of benzene rings is 1. The van der Waals surface area contributed by atoms with Gasteiger partial charge in [-0.15, -0.1) is 0 Å². The average molecular weight is 308 g/mol. The molecule has 2 aliphatic rings. The molecule has 3 atom stereocenters. The van der Waals surface area contributed by atoms with Crippen LogP contribution in [0.2, 0.25) is 0 Å². The SMILES string of the molecule is O=C(C[C@H]1C[C@H]2CC[C@@H]1C2)Nc1cccc(Br)c1. The fourth-order valence-electron chi connectivity index (χ4n) is 3.64. The van der Waals surface area contributed by atoms with Gasteiger partial charge in [0.2, 0.25) is 5.91 Å². The molecule has 3 heteroatoms. The molecule has 0 radical (unpaired) electrons. The Morgan fingerprint density at radius 3 is 2.89 bits per heavy atom. The number of halogens is 1. The summed E-state index contributed by atoms with van der Waals surface area (Å²) in [6, 6.07) is 7.78. The Morgan fingerprint density at radius 1 is 1.33 bits per heavy atom. The highest BCUT2D eigenvalue weighted by molar-refractivity contribution is 9.10. The maximum atomic E-state index is 12.0. The molecular weight excluding hydrogens is 290 g/mol. The third kappa shape index (κ3) is 2.61. The standard InChI is InChI=1S/C15H18BrNO/c16-13-2-1-3-14(9-13)17-15(18)8-12-7-10-4-5-11(12)6-10/h1-3,9-12H,4-8H2,(H,17,18)/t10-,11+,12+/m0/s1. The summed E-state index contributed by atoms with van der Waals surface area (Å²) in [6.07, 6.45) is 6.09. The van der Waals surface area contributed by atoms with E-state index in [0.717, 1.165) is 22.0 Å². The van der Waals surface area contributed by atoms with Gasteiger partial charge in [-0.05, 0) is 55.2 Å². The molecule has 0 unspecified atom stereocenters. The molecule has 0 aromatic heterocycles. The van der Waals surface area contributed by atoms with E-state index < -0.39 is 0 Å². The molecule has 3 rings (SSSR count). The highest BCUT2D eigenvalue weighted by Gasteiger charge is 2.40. The summed E-state index contributed by atoms with van der Waals surface area (Å²) in [5, 5.41) is 3.00. The van der Waals surface area contributed by atoms with Crippen LogP contribution in [0, 0.1) is 17.8 Å². The molecular formula is C15H18BrNO. The average Bonchev–Trinajstić information content (AvgIpc) is 2.90. The molecule has 2 bridgehead atoms. The molecule has 1 N–H and O–H groups in total. The molecule has 2 saturated carbocycles. The van der Waals surface area contributed by atoms with E-state index in [0.29, 0.717) is 12.3 Å². The zero-order valence-corrected chi connectivity index (χ0v) is 11.9. The van der Waals surface area contributed by atoms with Crippen molar-refractivity contribution in [1.29, 1.82) is 0 Å². The smallest absolute Gasteiger partial charge is 0.224 e. The second kappa shape index (κ2) is 5.04. The predicted octanol–water partition coefficient (Wildman–Crippen LogP) is 4.21. The third-order valence-corrected chi connectivity index (χ3v) is 4.93. The summed E-state index contributed by atoms with van der Waals surface area (Å²) in [5.74, 6) is 2.54. The van der Waals surface area contributed by atoms with Crippen molar-refractivity contribution in [3.63, 3.8) is 0 Å². The minimum Gasteiger partial charge on any atom is -0.326 e. The van der Waals surface area contributed by atoms with E-state index in [1.54, 1.807) is 0 Å². The lowest BCUT2D eigenvalue weighted by molar-refractivity contribution is -0.117. The van der Waals surface area contributed by atoms with Gasteiger partial charge in [0.05, 0.1) is 0 Å². The zero-order valence-electron chi connectivity index (χ0n) is 10.4. The number of hydrogen-bond acceptors (Lipinski definition) is 1. The van der Waals surface area contributed by atoms with Gasteiger partial charge >= 0.3 is 0 Å². The van der Waals surface area contributed by atoms with Gasteiger partial charge in [-0.3, -0.25) is 4.79 Å². The Hall–Kier alpha value is -0.830. The lowest BCUT2D eigenvalue weighted by Gasteiger charge is -2.20. The van der Waals surface area contributed by atoms with Gasteiger partial charge in [0.25, 0.3) is 0 Å². The summed E-state index contributed by atoms with van der Waals surface area (Å²) in [4.78, 5) is 12.0. The number of carbonyl (C=O) groups is 1. The molecule has 0 heterocycles. The third-order valence-electron chi connectivity index (χ3n) is 4.44. The van der Waals surface area contributed by atoms with E-state index in [4.69, 9.17) is 0 Å². The van der Waals surface area contributed by atoms with Crippen LogP contribution in [0.25, 0.3) is 0 Å². The molecule has 2 aliphatic carbocycles. The maximum Gasteiger partial charge on any atom is 0.224 e. The number of anilines is 1. The van der Waals surface area contributed by atoms with E-state index >= 15 is 0 Å². The number of hydrogen-bond donors (Lipinski definition) is 1. The monoisotopic (exact) mass is 307 g/mol. The summed E-state index contributed by atoms with van der Waals surface area (Å²) in [5.41, 5.74) is 0.887. The highest BCUT2D eigenvalue weighted by Crippen LogP contribution is 2.49. The first kappa shape index (κ1) is 12.2. The summed E-state index contributed by atoms with van der Waals surface area (Å²) in [7, 11) is 0. The van der Waals surface area contributed by atoms with Gasteiger partial charge in [0.1, 0.15) is 0 Å². The molecule has 2 nitrogen and oxygen atoms in total. The molecule has 1 aromatic rings. The van der Waals surface area contributed by atoms with E-state index in [2.05, 4.69) is 21.2 Å². The predicted molar refractivity (Wildman–Crippen MR) is 76.3 cm³/mol. The van der Waals surface area contributed by atoms with Crippen LogP contribution in [0.15, 0.2) is 28.7 Å². The molecule has 96 valence electrons. The first-order valence-corrected chi connectivity index (χ1v) is 7.55. The Kier molecular flexibility index (Phi) is 3.42. The van der Waals surface area contributed by atoms with E-state index in [9.17, 15) is 4.79 Å². The van der Waals surface area contributed by atoms with Gasteiger partial charge in [-0.2, -0.15) is 0 Å². The zero-order chi connectivity index (χ0) is 12.5. The number of amides is 1. The Bertz CT molecular complexity index is 460. The second-order valence-corrected chi connectivity index (χ2v) is 6.61. The molecule has 1 aromatic carbocycles. The van der Waals surface area contributed by atoms with Crippen LogP contribution in [-0.4, -0.2) is 5.91 Å². The van der Waals surface area contributed by atoms with Crippen LogP contribution in [0.5, 0.6) is 0 Å². The van der Waals surface area contributed by atoms with Crippen LogP contribution in [0.3, 0.4) is 0 Å². The Labute approximate surface area is 116 Å². The fraction of sp³-hybridized carbons (Fsp3) is 0.533. The molecule has 1 amide bonds. The molecule has 18 heavy (non-hydrogen) atoms. The van der Waals surface area contributed by atoms with E-state index in [-0.39, 0.29) is 5.91 Å². The first-order chi connectivity index (χ1) is 8.70. The highest BCUT2D eigenvalue weighted by atomic mass is 79.9. The van der Waals surface area contributed by atoms with Crippen LogP contribution in [0.1, 0.15) is 32.1 Å². The number of carbonyl (C=O) groups excluding carboxylic acids is 1. The molecule has 0 saturated heterocycles. The minimum atomic E-state index is 0.172. The van der Waals surface area contributed by atoms with Crippen LogP contribution in [-0.2, 0) is 4.79 Å². The van der Waals surface area contributed by atoms with Crippen molar-refractivity contribution in [2.75, 3.05) is 5.32 Å². The van der Waals surface area contributed by atoms with Gasteiger partial charge in [-0.1, -0.05) is 28.4 Å². The van der Waals surface area contributed by atoms with Crippen molar-refractivity contribution >= 4 is 27.5 Å². The van der Waals surface area contributed by atoms with Crippen molar-refractivity contribution in [3.8, 4) is 0 Å². The van der Waals surface area contributed by atoms with Gasteiger partial charge in [-0.25, -0.2) is 0 Å². The van der Waals surface area contributed by atoms with Crippen molar-refractivity contribution in [1.82, 2.24) is 0 Å². The summed E-state index contributed by atoms with van der Waals surface area (Å²) in [6.45, 7) is 0. The van der Waals surface area contributed by atoms with Crippen LogP contribution in [0.4, 0.5) is 5.69 Å². The normalized spacial score (nSPS) is 29.5. The Morgan fingerprint density at radius 2 is 2.22 bits per heavy atom. The van der Waals surface area contributed by atoms with Crippen molar-refractivity contribution in [2.24, 2.45) is 17.8 Å². The van der Waals surface area contributed by atoms with Crippen molar-refractivity contribution < 1.29 is 4.79 Å². The quantitative estimate of drug-likeness (QED) is 0.890. The number of nitrogens with one attached hydrogen (secondary N) is 1. The number of fused-ring (bicyclic) bond motifs is 2. The molecule has 0 aliphatic heterocycles. The van der Waals surface area contributed by atoms with Gasteiger partial charge in [0.15, 0.2) is 0 Å². The van der Waals surface area contributed by atoms with E-state index in [1.165, 1.54) is 25.7 Å². The summed E-state index contributed by atoms with van der Waals surface area (Å²) < 4.78 is 1.00.